The maximum Gasteiger partial charge on any atom is 0.266 e. The highest BCUT2D eigenvalue weighted by atomic mass is 32.1. The van der Waals surface area contributed by atoms with E-state index in [0.717, 1.165) is 24.5 Å². The van der Waals surface area contributed by atoms with E-state index in [4.69, 9.17) is 0 Å². The maximum absolute atomic E-state index is 12.0. The summed E-state index contributed by atoms with van der Waals surface area (Å²) in [4.78, 5) is 19.3. The van der Waals surface area contributed by atoms with Crippen LogP contribution in [0.2, 0.25) is 0 Å². The Hall–Kier alpha value is -2.86. The number of carbonyl (C=O) groups excluding carboxylic acids is 1. The summed E-state index contributed by atoms with van der Waals surface area (Å²) in [5.41, 5.74) is 3.08. The van der Waals surface area contributed by atoms with Crippen molar-refractivity contribution in [3.63, 3.8) is 0 Å². The van der Waals surface area contributed by atoms with Crippen molar-refractivity contribution in [2.45, 2.75) is 13.8 Å². The molecule has 134 valence electrons. The number of benzene rings is 1. The van der Waals surface area contributed by atoms with Crippen LogP contribution < -0.4 is 15.5 Å². The summed E-state index contributed by atoms with van der Waals surface area (Å²) < 4.78 is 0. The number of nitrogens with one attached hydrogen (secondary N) is 2. The van der Waals surface area contributed by atoms with E-state index in [2.05, 4.69) is 58.6 Å². The van der Waals surface area contributed by atoms with Gasteiger partial charge in [0.2, 0.25) is 0 Å². The van der Waals surface area contributed by atoms with Crippen molar-refractivity contribution in [2.24, 2.45) is 0 Å². The molecular weight excluding hydrogens is 344 g/mol. The number of rotatable bonds is 7. The standard InChI is InChI=1S/C20H22N4OS/c1-3-24(4-2)17-10-7-15(8-11-17)22-16-9-12-19(21-14-16)23-20(25)18-6-5-13-26-18/h5-14,22H,3-4H2,1-2H3,(H,21,23,25). The number of hydrogen-bond acceptors (Lipinski definition) is 5. The van der Waals surface area contributed by atoms with Crippen LogP contribution >= 0.6 is 11.3 Å². The lowest BCUT2D eigenvalue weighted by Gasteiger charge is -2.21. The Labute approximate surface area is 157 Å². The van der Waals surface area contributed by atoms with E-state index >= 15 is 0 Å². The molecule has 5 nitrogen and oxygen atoms in total. The molecule has 0 aliphatic rings. The molecule has 3 aromatic rings. The summed E-state index contributed by atoms with van der Waals surface area (Å²) in [6.45, 7) is 6.29. The van der Waals surface area contributed by atoms with Gasteiger partial charge in [0.25, 0.3) is 5.91 Å². The largest absolute Gasteiger partial charge is 0.372 e. The number of hydrogen-bond donors (Lipinski definition) is 2. The highest BCUT2D eigenvalue weighted by molar-refractivity contribution is 7.12. The lowest BCUT2D eigenvalue weighted by atomic mass is 10.2. The zero-order valence-electron chi connectivity index (χ0n) is 14.9. The van der Waals surface area contributed by atoms with E-state index in [-0.39, 0.29) is 5.91 Å². The van der Waals surface area contributed by atoms with E-state index < -0.39 is 0 Å². The fourth-order valence-electron chi connectivity index (χ4n) is 2.64. The van der Waals surface area contributed by atoms with E-state index in [1.807, 2.05) is 17.5 Å². The Morgan fingerprint density at radius 2 is 1.77 bits per heavy atom. The number of amides is 1. The second-order valence-corrected chi connectivity index (χ2v) is 6.66. The van der Waals surface area contributed by atoms with Crippen LogP contribution in [0.15, 0.2) is 60.1 Å². The van der Waals surface area contributed by atoms with Crippen LogP contribution in [0, 0.1) is 0 Å². The van der Waals surface area contributed by atoms with Crippen LogP contribution in [0.5, 0.6) is 0 Å². The van der Waals surface area contributed by atoms with Gasteiger partial charge in [0.05, 0.1) is 16.8 Å². The number of anilines is 4. The molecule has 0 aliphatic carbocycles. The van der Waals surface area contributed by atoms with Gasteiger partial charge in [0, 0.05) is 24.5 Å². The molecule has 0 saturated heterocycles. The van der Waals surface area contributed by atoms with Crippen LogP contribution in [0.25, 0.3) is 0 Å². The fraction of sp³-hybridized carbons (Fsp3) is 0.200. The van der Waals surface area contributed by atoms with Crippen molar-refractivity contribution in [3.05, 3.63) is 65.0 Å². The summed E-state index contributed by atoms with van der Waals surface area (Å²) >= 11 is 1.41. The van der Waals surface area contributed by atoms with Gasteiger partial charge >= 0.3 is 0 Å². The zero-order chi connectivity index (χ0) is 18.4. The smallest absolute Gasteiger partial charge is 0.266 e. The topological polar surface area (TPSA) is 57.3 Å². The van der Waals surface area contributed by atoms with Gasteiger partial charge in [-0.15, -0.1) is 11.3 Å². The molecule has 2 heterocycles. The highest BCUT2D eigenvalue weighted by Gasteiger charge is 2.07. The molecule has 0 atom stereocenters. The van der Waals surface area contributed by atoms with Crippen molar-refractivity contribution >= 4 is 40.1 Å². The third-order valence-corrected chi connectivity index (χ3v) is 4.90. The van der Waals surface area contributed by atoms with Crippen LogP contribution in [-0.4, -0.2) is 24.0 Å². The third-order valence-electron chi connectivity index (χ3n) is 4.03. The van der Waals surface area contributed by atoms with E-state index in [0.29, 0.717) is 10.7 Å². The van der Waals surface area contributed by atoms with Gasteiger partial charge in [-0.3, -0.25) is 4.79 Å². The monoisotopic (exact) mass is 366 g/mol. The molecule has 1 aromatic carbocycles. The predicted octanol–water partition coefficient (Wildman–Crippen LogP) is 4.99. The maximum atomic E-state index is 12.0. The second kappa shape index (κ2) is 8.49. The molecule has 0 radical (unpaired) electrons. The number of thiophene rings is 1. The molecule has 6 heteroatoms. The van der Waals surface area contributed by atoms with Crippen LogP contribution in [-0.2, 0) is 0 Å². The molecule has 1 amide bonds. The van der Waals surface area contributed by atoms with Crippen LogP contribution in [0.4, 0.5) is 22.9 Å². The number of carbonyl (C=O) groups is 1. The van der Waals surface area contributed by atoms with Crippen LogP contribution in [0.1, 0.15) is 23.5 Å². The quantitative estimate of drug-likeness (QED) is 0.619. The first-order valence-corrected chi connectivity index (χ1v) is 9.50. The van der Waals surface area contributed by atoms with Crippen molar-refractivity contribution in [1.29, 1.82) is 0 Å². The van der Waals surface area contributed by atoms with Gasteiger partial charge in [-0.25, -0.2) is 4.98 Å². The first kappa shape index (κ1) is 17.9. The third kappa shape index (κ3) is 4.40. The summed E-state index contributed by atoms with van der Waals surface area (Å²) in [5.74, 6) is 0.394. The molecule has 0 fully saturated rings. The molecular formula is C20H22N4OS. The SMILES string of the molecule is CCN(CC)c1ccc(Nc2ccc(NC(=O)c3cccs3)nc2)cc1. The molecule has 26 heavy (non-hydrogen) atoms. The Kier molecular flexibility index (Phi) is 5.86. The van der Waals surface area contributed by atoms with Crippen LogP contribution in [0.3, 0.4) is 0 Å². The minimum absolute atomic E-state index is 0.139. The van der Waals surface area contributed by atoms with Gasteiger partial charge < -0.3 is 15.5 Å². The van der Waals surface area contributed by atoms with E-state index in [9.17, 15) is 4.79 Å². The Morgan fingerprint density at radius 1 is 1.04 bits per heavy atom. The molecule has 0 spiro atoms. The lowest BCUT2D eigenvalue weighted by Crippen LogP contribution is -2.21. The fourth-order valence-corrected chi connectivity index (χ4v) is 3.26. The van der Waals surface area contributed by atoms with Crippen molar-refractivity contribution in [1.82, 2.24) is 4.98 Å². The number of aromatic nitrogens is 1. The normalized spacial score (nSPS) is 10.4. The minimum atomic E-state index is -0.139. The predicted molar refractivity (Wildman–Crippen MR) is 110 cm³/mol. The lowest BCUT2D eigenvalue weighted by molar-refractivity contribution is 0.103. The van der Waals surface area contributed by atoms with E-state index in [1.54, 1.807) is 18.3 Å². The summed E-state index contributed by atoms with van der Waals surface area (Å²) in [7, 11) is 0. The molecule has 0 unspecified atom stereocenters. The Bertz CT molecular complexity index is 825. The Morgan fingerprint density at radius 3 is 2.35 bits per heavy atom. The average Bonchev–Trinajstić information content (AvgIpc) is 3.21. The average molecular weight is 366 g/mol. The van der Waals surface area contributed by atoms with Gasteiger partial charge in [-0.05, 0) is 61.7 Å². The number of pyridine rings is 1. The highest BCUT2D eigenvalue weighted by Crippen LogP contribution is 2.21. The molecule has 0 aliphatic heterocycles. The first-order chi connectivity index (χ1) is 12.7. The molecule has 2 N–H and O–H groups in total. The summed E-state index contributed by atoms with van der Waals surface area (Å²) in [5, 5.41) is 7.99. The Balaban J connectivity index is 1.61. The van der Waals surface area contributed by atoms with Gasteiger partial charge in [-0.2, -0.15) is 0 Å². The van der Waals surface area contributed by atoms with Gasteiger partial charge in [0.15, 0.2) is 0 Å². The molecule has 2 aromatic heterocycles. The van der Waals surface area contributed by atoms with Crippen molar-refractivity contribution in [2.75, 3.05) is 28.6 Å². The second-order valence-electron chi connectivity index (χ2n) is 5.71. The number of nitrogens with zero attached hydrogens (tertiary/aromatic N) is 2. The van der Waals surface area contributed by atoms with E-state index in [1.165, 1.54) is 17.0 Å². The summed E-state index contributed by atoms with van der Waals surface area (Å²) in [6.07, 6.45) is 1.71. The van der Waals surface area contributed by atoms with Gasteiger partial charge in [-0.1, -0.05) is 6.07 Å². The minimum Gasteiger partial charge on any atom is -0.372 e. The summed E-state index contributed by atoms with van der Waals surface area (Å²) in [6, 6.07) is 15.7. The molecule has 3 rings (SSSR count). The molecule has 0 bridgehead atoms. The van der Waals surface area contributed by atoms with Crippen molar-refractivity contribution < 1.29 is 4.79 Å². The van der Waals surface area contributed by atoms with Gasteiger partial charge in [0.1, 0.15) is 5.82 Å². The van der Waals surface area contributed by atoms with Crippen molar-refractivity contribution in [3.8, 4) is 0 Å². The molecule has 0 saturated carbocycles. The first-order valence-electron chi connectivity index (χ1n) is 8.62. The zero-order valence-corrected chi connectivity index (χ0v) is 15.7.